The first-order valence-corrected chi connectivity index (χ1v) is 48.0. The van der Waals surface area contributed by atoms with Crippen molar-refractivity contribution >= 4 is 91.7 Å². The molecule has 58 heteroatoms. The smallest absolute Gasteiger partial charge is 0.468 e. The molecule has 0 radical (unpaired) electrons. The molecular formula is C74H80N10O42P6. The Morgan fingerprint density at radius 3 is 1.34 bits per heavy atom. The number of fused-ring (bicyclic) bond motifs is 4. The lowest BCUT2D eigenvalue weighted by Gasteiger charge is -2.28. The van der Waals surface area contributed by atoms with Gasteiger partial charge in [-0.1, -0.05) is 88.3 Å². The summed E-state index contributed by atoms with van der Waals surface area (Å²) in [6.07, 6.45) is -17.7. The number of nitrogens with zero attached hydrogens (tertiary/aromatic N) is 9. The second kappa shape index (κ2) is 40.4. The molecule has 10 N–H and O–H groups in total. The Hall–Kier alpha value is -10.4. The largest absolute Gasteiger partial charge is 0.539 e. The summed E-state index contributed by atoms with van der Waals surface area (Å²) in [5.41, 5.74) is -1.40. The number of para-hydroxylation sites is 5. The van der Waals surface area contributed by atoms with Crippen LogP contribution in [0.4, 0.5) is 0 Å². The number of hydrogen-bond donors (Lipinski definition) is 10. The Bertz CT molecular complexity index is 6800. The van der Waals surface area contributed by atoms with Gasteiger partial charge in [0.15, 0.2) is 35.4 Å². The summed E-state index contributed by atoms with van der Waals surface area (Å²) in [4.78, 5) is 131. The SMILES string of the molecule is CC(=O)OC1CCOP(=O)(OP(=O)(O)OC[C@H]2O[C@@H](n3ccc(=O)n(Cc4noc5ccccc45)c3=O)C(O)[C@H]2O)O1.COC(=O)C(C)NP(=O)(Oc1ccccc1)OP(=O)(O)OC[C@H]1O[C@@H](n2ccc(=O)n(Cc3noc4ccccc34)c2=O)C(O)[C@H]1O.Cc1cccc2c1OP(=O)(OP(=O)(O)OC[C@H]1O[C@@H](n3ccc(=O)n(Cc4noc5ccccc45)c3=O)C(O)[C@H]1O)OC2. The highest BCUT2D eigenvalue weighted by Gasteiger charge is 2.52. The number of carbonyl (C=O) groups is 2. The van der Waals surface area contributed by atoms with Crippen LogP contribution >= 0.6 is 46.9 Å². The van der Waals surface area contributed by atoms with Crippen molar-refractivity contribution in [3.05, 3.63) is 249 Å². The van der Waals surface area contributed by atoms with E-state index in [4.69, 9.17) is 77.3 Å². The van der Waals surface area contributed by atoms with E-state index in [0.29, 0.717) is 61.1 Å². The fraction of sp³-hybridized carbons (Fsp3) is 0.365. The Balaban J connectivity index is 0.000000160. The molecular weight excluding hydrogens is 1890 g/mol. The third-order valence-corrected chi connectivity index (χ3v) is 29.5. The van der Waals surface area contributed by atoms with E-state index in [1.165, 1.54) is 31.2 Å². The Morgan fingerprint density at radius 2 is 0.924 bits per heavy atom. The summed E-state index contributed by atoms with van der Waals surface area (Å²) in [5, 5.41) is 79.4. The molecule has 16 rings (SSSR count). The predicted molar refractivity (Wildman–Crippen MR) is 441 cm³/mol. The molecule has 5 aromatic carbocycles. The number of carbonyl (C=O) groups excluding carboxylic acids is 2. The number of nitrogens with one attached hydrogen (secondary N) is 1. The fourth-order valence-corrected chi connectivity index (χ4v) is 22.1. The van der Waals surface area contributed by atoms with Crippen molar-refractivity contribution in [3.63, 3.8) is 0 Å². The third kappa shape index (κ3) is 22.5. The summed E-state index contributed by atoms with van der Waals surface area (Å²) in [5.74, 6) is -1.53. The number of benzene rings is 5. The van der Waals surface area contributed by atoms with E-state index in [1.54, 1.807) is 104 Å². The average molecular weight is 1970 g/mol. The van der Waals surface area contributed by atoms with Gasteiger partial charge in [-0.05, 0) is 67.9 Å². The molecule has 4 fully saturated rings. The zero-order valence-electron chi connectivity index (χ0n) is 68.7. The van der Waals surface area contributed by atoms with Crippen molar-refractivity contribution in [1.29, 1.82) is 0 Å². The van der Waals surface area contributed by atoms with Crippen LogP contribution in [-0.4, -0.2) is 201 Å². The summed E-state index contributed by atoms with van der Waals surface area (Å²) in [6, 6.07) is 34.8. The molecule has 0 spiro atoms. The molecule has 11 heterocycles. The summed E-state index contributed by atoms with van der Waals surface area (Å²) >= 11 is 0. The maximum absolute atomic E-state index is 13.5. The monoisotopic (exact) mass is 1970 g/mol. The first-order chi connectivity index (χ1) is 62.6. The van der Waals surface area contributed by atoms with Crippen LogP contribution in [0.3, 0.4) is 0 Å². The lowest BCUT2D eigenvalue weighted by molar-refractivity contribution is -0.169. The number of phosphoric acid groups is 5. The zero-order valence-corrected chi connectivity index (χ0v) is 74.0. The molecule has 5 aliphatic heterocycles. The van der Waals surface area contributed by atoms with E-state index in [9.17, 15) is 111 Å². The molecule has 0 amide bonds. The molecule has 0 aliphatic carbocycles. The Kier molecular flexibility index (Phi) is 29.9. The lowest BCUT2D eigenvalue weighted by Crippen LogP contribution is -2.43. The molecule has 52 nitrogen and oxygen atoms in total. The molecule has 0 bridgehead atoms. The zero-order chi connectivity index (χ0) is 94.7. The Labute approximate surface area is 738 Å². The number of hydrogen-bond acceptors (Lipinski definition) is 42. The van der Waals surface area contributed by atoms with Gasteiger partial charge in [0.25, 0.3) is 16.7 Å². The van der Waals surface area contributed by atoms with Gasteiger partial charge in [0.1, 0.15) is 89.6 Å². The third-order valence-electron chi connectivity index (χ3n) is 20.1. The van der Waals surface area contributed by atoms with Crippen molar-refractivity contribution in [3.8, 4) is 11.5 Å². The van der Waals surface area contributed by atoms with Crippen LogP contribution in [0.2, 0.25) is 0 Å². The molecule has 708 valence electrons. The van der Waals surface area contributed by atoms with Crippen molar-refractivity contribution in [2.24, 2.45) is 0 Å². The maximum atomic E-state index is 13.5. The van der Waals surface area contributed by atoms with Crippen LogP contribution in [0.25, 0.3) is 32.9 Å². The van der Waals surface area contributed by atoms with Gasteiger partial charge in [-0.25, -0.2) is 46.3 Å². The second-order valence-corrected chi connectivity index (χ2v) is 38.9. The molecule has 0 saturated carbocycles. The standard InChI is InChI=1S/C27H30N4O14P2.C25H25N3O13P2.C22H25N3O15P2/c1-16(26(35)40-2)29-46(37,44-17-8-4-3-5-9-17)45-47(38,39)41-15-21-23(33)24(34)25(42-21)30-13-12-22(32)31(27(30)36)14-19-18-10-6-7-11-20(18)43-28-19;1-14-5-4-6-15-12-37-43(35,40-23(14)15)41-42(33,34)36-13-19-21(30)22(31)24(38-19)27-10-9-20(29)28(25(27)32)11-17-16-7-2-3-8-18(16)39-26-17;1-12(26)36-18-7-9-34-42(33,39-18)40-41(31,32)35-11-16-19(28)20(29)21(37-16)24-8-6-17(27)25(22(24)30)10-14-13-4-2-3-5-15(13)38-23-14/h3-13,16,21,23-25,33-34H,14-15H2,1-2H3,(H,29,37)(H,38,39);2-10,19,21-22,24,30-31H,11-13H2,1H3,(H,33,34);2-6,8,16,18-21,28-29H,7,9-11H2,1H3,(H,31,32)/t16?,21-,23+,24?,25-,46?;19-,21+,22?,24-,43?;16-,18?,19+,20?,21-,42?/m111/s1. The van der Waals surface area contributed by atoms with Gasteiger partial charge in [-0.3, -0.25) is 74.0 Å². The van der Waals surface area contributed by atoms with E-state index < -0.39 is 198 Å². The topological polar surface area (TPSA) is 688 Å². The average Bonchev–Trinajstić information content (AvgIpc) is 1.52. The highest BCUT2D eigenvalue weighted by atomic mass is 31.3. The van der Waals surface area contributed by atoms with Crippen LogP contribution in [0, 0.1) is 6.92 Å². The van der Waals surface area contributed by atoms with Crippen LogP contribution < -0.4 is 47.9 Å². The number of esters is 2. The second-order valence-electron chi connectivity index (χ2n) is 29.2. The molecule has 20 atom stereocenters. The first kappa shape index (κ1) is 97.6. The number of ether oxygens (including phenoxy) is 5. The van der Waals surface area contributed by atoms with Crippen molar-refractivity contribution in [1.82, 2.24) is 48.0 Å². The number of aliphatic hydroxyl groups is 6. The lowest BCUT2D eigenvalue weighted by atomic mass is 10.1. The molecule has 132 heavy (non-hydrogen) atoms. The minimum absolute atomic E-state index is 0.0211. The van der Waals surface area contributed by atoms with Crippen LogP contribution in [0.5, 0.6) is 11.5 Å². The van der Waals surface area contributed by atoms with Crippen molar-refractivity contribution < 1.29 is 169 Å². The van der Waals surface area contributed by atoms with E-state index in [1.807, 2.05) is 0 Å². The molecule has 11 aromatic rings. The van der Waals surface area contributed by atoms with Gasteiger partial charge in [0, 0.05) is 71.9 Å². The van der Waals surface area contributed by atoms with Crippen LogP contribution in [0.1, 0.15) is 67.2 Å². The number of aryl methyl sites for hydroxylation is 1. The number of aromatic nitrogens is 9. The molecule has 5 aliphatic rings. The van der Waals surface area contributed by atoms with Crippen LogP contribution in [0.15, 0.2) is 200 Å². The summed E-state index contributed by atoms with van der Waals surface area (Å²) in [6.45, 7) is 0.0145. The number of aliphatic hydroxyl groups excluding tert-OH is 6. The van der Waals surface area contributed by atoms with Gasteiger partial charge in [0.05, 0.1) is 59.8 Å². The van der Waals surface area contributed by atoms with Gasteiger partial charge >= 0.3 is 75.9 Å². The quantitative estimate of drug-likeness (QED) is 0.0227. The molecule has 4 saturated heterocycles. The highest BCUT2D eigenvalue weighted by molar-refractivity contribution is 7.64. The van der Waals surface area contributed by atoms with E-state index in [0.717, 1.165) is 78.2 Å². The van der Waals surface area contributed by atoms with Crippen LogP contribution in [-0.2, 0) is 127 Å². The number of phosphoric ester groups is 5. The van der Waals surface area contributed by atoms with Gasteiger partial charge in [-0.15, -0.1) is 0 Å². The van der Waals surface area contributed by atoms with Gasteiger partial charge < -0.3 is 91.6 Å². The first-order valence-electron chi connectivity index (χ1n) is 39.0. The predicted octanol–water partition coefficient (Wildman–Crippen LogP) is 3.66. The maximum Gasteiger partial charge on any atom is 0.539 e. The number of rotatable bonds is 30. The number of methoxy groups -OCH3 is 1. The van der Waals surface area contributed by atoms with Crippen molar-refractivity contribution in [2.75, 3.05) is 33.5 Å². The van der Waals surface area contributed by atoms with E-state index >= 15 is 0 Å². The minimum atomic E-state index is -5.32. The van der Waals surface area contributed by atoms with E-state index in [2.05, 4.69) is 29.6 Å². The molecule has 11 unspecified atom stereocenters. The minimum Gasteiger partial charge on any atom is -0.468 e. The summed E-state index contributed by atoms with van der Waals surface area (Å²) < 4.78 is 178. The van der Waals surface area contributed by atoms with Gasteiger partial charge in [0.2, 0.25) is 6.29 Å². The molecule has 6 aromatic heterocycles. The fourth-order valence-electron chi connectivity index (χ4n) is 13.7. The Morgan fingerprint density at radius 1 is 0.523 bits per heavy atom. The summed E-state index contributed by atoms with van der Waals surface area (Å²) in [7, 11) is -28.7. The van der Waals surface area contributed by atoms with Crippen molar-refractivity contribution in [2.45, 2.75) is 139 Å². The van der Waals surface area contributed by atoms with Gasteiger partial charge in [-0.2, -0.15) is 18.0 Å². The highest BCUT2D eigenvalue weighted by Crippen LogP contribution is 2.67. The normalized spacial score (nSPS) is 26.1. The van der Waals surface area contributed by atoms with E-state index in [-0.39, 0.29) is 50.8 Å².